The molecule has 0 bridgehead atoms. The number of benzene rings is 2. The molecule has 2 aromatic carbocycles. The van der Waals surface area contributed by atoms with Crippen molar-refractivity contribution in [1.29, 1.82) is 0 Å². The third-order valence-corrected chi connectivity index (χ3v) is 5.01. The Morgan fingerprint density at radius 1 is 1.07 bits per heavy atom. The van der Waals surface area contributed by atoms with E-state index in [0.29, 0.717) is 30.2 Å². The molecule has 0 saturated carbocycles. The first-order chi connectivity index (χ1) is 13.0. The molecule has 7 heteroatoms. The lowest BCUT2D eigenvalue weighted by atomic mass is 10.1. The van der Waals surface area contributed by atoms with Gasteiger partial charge in [-0.2, -0.15) is 0 Å². The monoisotopic (exact) mass is 432 g/mol. The summed E-state index contributed by atoms with van der Waals surface area (Å²) in [6.45, 7) is 0.577. The Balaban J connectivity index is 1.60. The van der Waals surface area contributed by atoms with Crippen LogP contribution in [0.5, 0.6) is 11.5 Å². The van der Waals surface area contributed by atoms with E-state index in [0.717, 1.165) is 10.0 Å². The van der Waals surface area contributed by atoms with Gasteiger partial charge in [0, 0.05) is 4.47 Å². The minimum Gasteiger partial charge on any atom is -0.493 e. The number of hydrogen-bond acceptors (Lipinski definition) is 5. The van der Waals surface area contributed by atoms with Gasteiger partial charge < -0.3 is 14.8 Å². The van der Waals surface area contributed by atoms with Gasteiger partial charge in [0.05, 0.1) is 32.4 Å². The summed E-state index contributed by atoms with van der Waals surface area (Å²) < 4.78 is 11.4. The van der Waals surface area contributed by atoms with Crippen LogP contribution in [0, 0.1) is 0 Å². The Morgan fingerprint density at radius 2 is 1.78 bits per heavy atom. The topological polar surface area (TPSA) is 67.9 Å². The first kappa shape index (κ1) is 19.4. The molecule has 1 saturated heterocycles. The van der Waals surface area contributed by atoms with Crippen molar-refractivity contribution in [3.05, 3.63) is 52.5 Å². The van der Waals surface area contributed by atoms with Gasteiger partial charge in [-0.1, -0.05) is 22.0 Å². The van der Waals surface area contributed by atoms with Gasteiger partial charge in [-0.3, -0.25) is 9.59 Å². The molecule has 0 radical (unpaired) electrons. The molecule has 1 aliphatic rings. The van der Waals surface area contributed by atoms with Crippen LogP contribution in [-0.4, -0.2) is 38.6 Å². The lowest BCUT2D eigenvalue weighted by molar-refractivity contribution is -0.121. The molecule has 1 N–H and O–H groups in total. The molecule has 1 fully saturated rings. The number of carbonyl (C=O) groups is 2. The van der Waals surface area contributed by atoms with Crippen molar-refractivity contribution in [1.82, 2.24) is 5.32 Å². The zero-order chi connectivity index (χ0) is 19.4. The van der Waals surface area contributed by atoms with Crippen LogP contribution in [0.2, 0.25) is 0 Å². The maximum atomic E-state index is 12.6. The lowest BCUT2D eigenvalue weighted by Crippen LogP contribution is -2.39. The van der Waals surface area contributed by atoms with E-state index in [9.17, 15) is 9.59 Å². The fourth-order valence-electron chi connectivity index (χ4n) is 3.08. The van der Waals surface area contributed by atoms with Crippen LogP contribution in [0.15, 0.2) is 46.9 Å². The van der Waals surface area contributed by atoms with Crippen molar-refractivity contribution in [2.75, 3.05) is 25.7 Å². The second kappa shape index (κ2) is 8.54. The highest BCUT2D eigenvalue weighted by atomic mass is 79.9. The number of hydrogen-bond donors (Lipinski definition) is 1. The maximum absolute atomic E-state index is 12.6. The molecular weight excluding hydrogens is 412 g/mol. The summed E-state index contributed by atoms with van der Waals surface area (Å²) in [6, 6.07) is 12.4. The second-order valence-electron chi connectivity index (χ2n) is 6.19. The van der Waals surface area contributed by atoms with E-state index in [-0.39, 0.29) is 18.2 Å². The number of amides is 2. The number of carbonyl (C=O) groups excluding carboxylic acids is 2. The minimum absolute atomic E-state index is 0.167. The highest BCUT2D eigenvalue weighted by molar-refractivity contribution is 9.10. The highest BCUT2D eigenvalue weighted by Gasteiger charge is 2.39. The zero-order valence-electron chi connectivity index (χ0n) is 15.2. The molecule has 0 aromatic heterocycles. The van der Waals surface area contributed by atoms with Gasteiger partial charge in [-0.15, -0.1) is 0 Å². The summed E-state index contributed by atoms with van der Waals surface area (Å²) in [4.78, 5) is 26.2. The zero-order valence-corrected chi connectivity index (χ0v) is 16.8. The average molecular weight is 433 g/mol. The Hall–Kier alpha value is -2.38. The standard InChI is InChI=1S/C20H21BrN2O4/c1-26-17-8-3-13(11-18(17)27-2)9-10-22-16-12-19(24)23(20(16)25)15-6-4-14(21)5-7-15/h3-8,11,16,22H,9-10,12H2,1-2H3/t16-/m1/s1. The van der Waals surface area contributed by atoms with Crippen molar-refractivity contribution in [3.63, 3.8) is 0 Å². The Morgan fingerprint density at radius 3 is 2.44 bits per heavy atom. The average Bonchev–Trinajstić information content (AvgIpc) is 2.96. The number of rotatable bonds is 7. The molecule has 0 spiro atoms. The SMILES string of the molecule is COc1ccc(CCN[C@@H]2CC(=O)N(c3ccc(Br)cc3)C2=O)cc1OC. The fourth-order valence-corrected chi connectivity index (χ4v) is 3.34. The van der Waals surface area contributed by atoms with E-state index < -0.39 is 6.04 Å². The number of methoxy groups -OCH3 is 2. The Kier molecular flexibility index (Phi) is 6.13. The van der Waals surface area contributed by atoms with Gasteiger partial charge in [0.15, 0.2) is 11.5 Å². The van der Waals surface area contributed by atoms with Crippen LogP contribution in [0.4, 0.5) is 5.69 Å². The quantitative estimate of drug-likeness (QED) is 0.681. The molecule has 2 aromatic rings. The van der Waals surface area contributed by atoms with Gasteiger partial charge in [0.1, 0.15) is 0 Å². The summed E-state index contributed by atoms with van der Waals surface area (Å²) in [7, 11) is 3.19. The minimum atomic E-state index is -0.499. The molecule has 1 aliphatic heterocycles. The first-order valence-corrected chi connectivity index (χ1v) is 9.39. The van der Waals surface area contributed by atoms with Crippen molar-refractivity contribution in [3.8, 4) is 11.5 Å². The van der Waals surface area contributed by atoms with E-state index in [2.05, 4.69) is 21.2 Å². The molecule has 0 unspecified atom stereocenters. The number of ether oxygens (including phenoxy) is 2. The van der Waals surface area contributed by atoms with Crippen LogP contribution in [-0.2, 0) is 16.0 Å². The first-order valence-electron chi connectivity index (χ1n) is 8.60. The van der Waals surface area contributed by atoms with Crippen molar-refractivity contribution in [2.24, 2.45) is 0 Å². The smallest absolute Gasteiger partial charge is 0.251 e. The Bertz CT molecular complexity index is 838. The largest absolute Gasteiger partial charge is 0.493 e. The normalized spacial score (nSPS) is 16.7. The Labute approximate surface area is 166 Å². The van der Waals surface area contributed by atoms with Gasteiger partial charge in [-0.05, 0) is 54.9 Å². The van der Waals surface area contributed by atoms with E-state index in [4.69, 9.17) is 9.47 Å². The maximum Gasteiger partial charge on any atom is 0.251 e. The molecule has 2 amide bonds. The molecule has 6 nitrogen and oxygen atoms in total. The third-order valence-electron chi connectivity index (χ3n) is 4.48. The molecular formula is C20H21BrN2O4. The van der Waals surface area contributed by atoms with Crippen LogP contribution in [0.25, 0.3) is 0 Å². The third kappa shape index (κ3) is 4.31. The number of anilines is 1. The summed E-state index contributed by atoms with van der Waals surface area (Å²) in [5.74, 6) is 0.944. The number of halogens is 1. The summed E-state index contributed by atoms with van der Waals surface area (Å²) in [5, 5.41) is 3.19. The van der Waals surface area contributed by atoms with E-state index in [1.165, 1.54) is 4.90 Å². The number of imide groups is 1. The molecule has 0 aliphatic carbocycles. The molecule has 27 heavy (non-hydrogen) atoms. The van der Waals surface area contributed by atoms with Crippen LogP contribution >= 0.6 is 15.9 Å². The lowest BCUT2D eigenvalue weighted by Gasteiger charge is -2.16. The van der Waals surface area contributed by atoms with Crippen molar-refractivity contribution >= 4 is 33.4 Å². The predicted octanol–water partition coefficient (Wildman–Crippen LogP) is 2.93. The van der Waals surface area contributed by atoms with Crippen molar-refractivity contribution in [2.45, 2.75) is 18.9 Å². The fraction of sp³-hybridized carbons (Fsp3) is 0.300. The van der Waals surface area contributed by atoms with Crippen LogP contribution in [0.1, 0.15) is 12.0 Å². The number of nitrogens with zero attached hydrogens (tertiary/aromatic N) is 1. The molecule has 142 valence electrons. The highest BCUT2D eigenvalue weighted by Crippen LogP contribution is 2.28. The van der Waals surface area contributed by atoms with E-state index in [1.807, 2.05) is 30.3 Å². The predicted molar refractivity (Wildman–Crippen MR) is 106 cm³/mol. The number of nitrogens with one attached hydrogen (secondary N) is 1. The van der Waals surface area contributed by atoms with E-state index in [1.54, 1.807) is 26.4 Å². The van der Waals surface area contributed by atoms with Gasteiger partial charge in [0.25, 0.3) is 5.91 Å². The van der Waals surface area contributed by atoms with Crippen LogP contribution in [0.3, 0.4) is 0 Å². The molecule has 1 heterocycles. The second-order valence-corrected chi connectivity index (χ2v) is 7.11. The van der Waals surface area contributed by atoms with Gasteiger partial charge in [-0.25, -0.2) is 4.90 Å². The summed E-state index contributed by atoms with van der Waals surface area (Å²) in [5.41, 5.74) is 1.65. The molecule has 1 atom stereocenters. The molecule has 3 rings (SSSR count). The van der Waals surface area contributed by atoms with Crippen molar-refractivity contribution < 1.29 is 19.1 Å². The summed E-state index contributed by atoms with van der Waals surface area (Å²) in [6.07, 6.45) is 0.872. The van der Waals surface area contributed by atoms with Gasteiger partial charge >= 0.3 is 0 Å². The summed E-state index contributed by atoms with van der Waals surface area (Å²) >= 11 is 3.35. The van der Waals surface area contributed by atoms with E-state index >= 15 is 0 Å². The van der Waals surface area contributed by atoms with Gasteiger partial charge in [0.2, 0.25) is 5.91 Å². The van der Waals surface area contributed by atoms with Crippen LogP contribution < -0.4 is 19.7 Å².